The SMILES string of the molecule is c1ccc(-c2ccc(N(c3ccc4c5ccc6c7ccccc7sc6c5n(-c5ccccc5)c4c3)c3cccc4c3-c3ccccc3C43c4ccccc4-c4ccccc43)cc2)cc1. The largest absolute Gasteiger partial charge is 0.310 e. The van der Waals surface area contributed by atoms with E-state index in [0.29, 0.717) is 0 Å². The molecule has 0 radical (unpaired) electrons. The van der Waals surface area contributed by atoms with E-state index >= 15 is 0 Å². The molecule has 3 heteroatoms. The van der Waals surface area contributed by atoms with Crippen LogP contribution in [-0.4, -0.2) is 4.57 Å². The lowest BCUT2D eigenvalue weighted by Crippen LogP contribution is -2.26. The Bertz CT molecular complexity index is 3790. The monoisotopic (exact) mass is 830 g/mol. The van der Waals surface area contributed by atoms with Crippen molar-refractivity contribution < 1.29 is 0 Å². The molecule has 2 aliphatic rings. The molecule has 10 aromatic carbocycles. The second kappa shape index (κ2) is 13.5. The second-order valence-electron chi connectivity index (χ2n) is 17.1. The average molecular weight is 831 g/mol. The first kappa shape index (κ1) is 35.6. The van der Waals surface area contributed by atoms with Crippen molar-refractivity contribution in [3.05, 3.63) is 253 Å². The van der Waals surface area contributed by atoms with Crippen LogP contribution in [0.25, 0.3) is 81.0 Å². The van der Waals surface area contributed by atoms with Crippen LogP contribution in [0.5, 0.6) is 0 Å². The van der Waals surface area contributed by atoms with Crippen LogP contribution in [0.3, 0.4) is 0 Å². The molecule has 2 nitrogen and oxygen atoms in total. The first-order valence-electron chi connectivity index (χ1n) is 22.1. The number of aromatic nitrogens is 1. The van der Waals surface area contributed by atoms with Gasteiger partial charge in [0.1, 0.15) is 0 Å². The molecule has 2 aromatic heterocycles. The summed E-state index contributed by atoms with van der Waals surface area (Å²) in [5.41, 5.74) is 19.4. The van der Waals surface area contributed by atoms with E-state index in [9.17, 15) is 0 Å². The van der Waals surface area contributed by atoms with Crippen molar-refractivity contribution in [2.24, 2.45) is 0 Å². The van der Waals surface area contributed by atoms with Gasteiger partial charge in [-0.25, -0.2) is 0 Å². The Morgan fingerprint density at radius 1 is 0.391 bits per heavy atom. The van der Waals surface area contributed by atoms with Gasteiger partial charge in [-0.2, -0.15) is 0 Å². The van der Waals surface area contributed by atoms with Crippen molar-refractivity contribution in [3.8, 4) is 39.1 Å². The van der Waals surface area contributed by atoms with Crippen LogP contribution >= 0.6 is 11.3 Å². The molecule has 0 amide bonds. The van der Waals surface area contributed by atoms with Gasteiger partial charge in [0.2, 0.25) is 0 Å². The highest BCUT2D eigenvalue weighted by Crippen LogP contribution is 2.64. The topological polar surface area (TPSA) is 8.17 Å². The number of para-hydroxylation sites is 1. The van der Waals surface area contributed by atoms with Gasteiger partial charge in [-0.1, -0.05) is 182 Å². The second-order valence-corrected chi connectivity index (χ2v) is 18.2. The molecule has 0 saturated carbocycles. The van der Waals surface area contributed by atoms with E-state index < -0.39 is 5.41 Å². The molecular weight excluding hydrogens is 793 g/mol. The molecule has 0 N–H and O–H groups in total. The summed E-state index contributed by atoms with van der Waals surface area (Å²) in [5, 5.41) is 5.11. The number of hydrogen-bond acceptors (Lipinski definition) is 2. The number of thiophene rings is 1. The predicted molar refractivity (Wildman–Crippen MR) is 270 cm³/mol. The summed E-state index contributed by atoms with van der Waals surface area (Å²) in [4.78, 5) is 2.51. The van der Waals surface area contributed by atoms with E-state index in [2.05, 4.69) is 240 Å². The molecule has 0 bridgehead atoms. The number of nitrogens with zero attached hydrogens (tertiary/aromatic N) is 2. The molecule has 0 fully saturated rings. The summed E-state index contributed by atoms with van der Waals surface area (Å²) in [5.74, 6) is 0. The fraction of sp³-hybridized carbons (Fsp3) is 0.0164. The molecule has 2 heterocycles. The molecule has 64 heavy (non-hydrogen) atoms. The smallest absolute Gasteiger partial charge is 0.0726 e. The highest BCUT2D eigenvalue weighted by molar-refractivity contribution is 7.26. The van der Waals surface area contributed by atoms with Crippen molar-refractivity contribution >= 4 is 70.4 Å². The minimum Gasteiger partial charge on any atom is -0.310 e. The zero-order valence-corrected chi connectivity index (χ0v) is 35.6. The van der Waals surface area contributed by atoms with E-state index in [4.69, 9.17) is 0 Å². The number of anilines is 3. The normalized spacial score (nSPS) is 13.1. The van der Waals surface area contributed by atoms with Gasteiger partial charge in [0.05, 0.1) is 26.8 Å². The van der Waals surface area contributed by atoms with Gasteiger partial charge in [0, 0.05) is 48.9 Å². The Hall–Kier alpha value is -7.98. The lowest BCUT2D eigenvalue weighted by molar-refractivity contribution is 0.794. The van der Waals surface area contributed by atoms with E-state index in [-0.39, 0.29) is 0 Å². The van der Waals surface area contributed by atoms with Gasteiger partial charge in [-0.15, -0.1) is 11.3 Å². The Morgan fingerprint density at radius 2 is 0.953 bits per heavy atom. The van der Waals surface area contributed by atoms with Crippen molar-refractivity contribution in [2.45, 2.75) is 5.41 Å². The van der Waals surface area contributed by atoms with Crippen molar-refractivity contribution in [1.82, 2.24) is 4.57 Å². The highest BCUT2D eigenvalue weighted by Gasteiger charge is 2.52. The average Bonchev–Trinajstić information content (AvgIpc) is 4.09. The molecule has 12 aromatic rings. The summed E-state index contributed by atoms with van der Waals surface area (Å²) in [6.07, 6.45) is 0. The Labute approximate surface area is 375 Å². The predicted octanol–water partition coefficient (Wildman–Crippen LogP) is 16.6. The molecule has 298 valence electrons. The Kier molecular flexibility index (Phi) is 7.51. The van der Waals surface area contributed by atoms with Crippen molar-refractivity contribution in [3.63, 3.8) is 0 Å². The van der Waals surface area contributed by atoms with Crippen molar-refractivity contribution in [1.29, 1.82) is 0 Å². The molecule has 0 atom stereocenters. The lowest BCUT2D eigenvalue weighted by Gasteiger charge is -2.32. The minimum atomic E-state index is -0.447. The first-order valence-corrected chi connectivity index (χ1v) is 22.9. The number of rotatable bonds is 5. The quantitative estimate of drug-likeness (QED) is 0.168. The summed E-state index contributed by atoms with van der Waals surface area (Å²) < 4.78 is 5.13. The van der Waals surface area contributed by atoms with E-state index in [0.717, 1.165) is 22.7 Å². The maximum atomic E-state index is 2.51. The number of fused-ring (bicyclic) bond motifs is 17. The minimum absolute atomic E-state index is 0.447. The molecule has 1 spiro atoms. The van der Waals surface area contributed by atoms with Gasteiger partial charge >= 0.3 is 0 Å². The summed E-state index contributed by atoms with van der Waals surface area (Å²) >= 11 is 1.89. The number of hydrogen-bond donors (Lipinski definition) is 0. The third kappa shape index (κ3) is 4.79. The third-order valence-corrected chi connectivity index (χ3v) is 15.2. The van der Waals surface area contributed by atoms with Gasteiger partial charge in [0.15, 0.2) is 0 Å². The van der Waals surface area contributed by atoms with Crippen LogP contribution in [0.4, 0.5) is 17.1 Å². The maximum Gasteiger partial charge on any atom is 0.0726 e. The van der Waals surface area contributed by atoms with Crippen LogP contribution in [0, 0.1) is 0 Å². The van der Waals surface area contributed by atoms with Gasteiger partial charge in [0.25, 0.3) is 0 Å². The van der Waals surface area contributed by atoms with Crippen LogP contribution in [-0.2, 0) is 5.41 Å². The highest BCUT2D eigenvalue weighted by atomic mass is 32.1. The molecule has 2 aliphatic carbocycles. The standard InChI is InChI=1S/C61H38N2S/c1-3-16-39(17-4-1)40-30-32-42(33-31-40)62(55-28-15-27-54-58(55)50-23-9-13-26-53(50)61(54)51-24-11-7-20-44(51)45-21-8-12-25-52(45)61)43-34-35-46-48-36-37-49-47-22-10-14-29-57(47)64-60(49)59(48)63(56(46)38-43)41-18-5-2-6-19-41/h1-38H. The fourth-order valence-electron chi connectivity index (χ4n) is 11.4. The molecule has 0 aliphatic heterocycles. The summed E-state index contributed by atoms with van der Waals surface area (Å²) in [6, 6.07) is 85.7. The van der Waals surface area contributed by atoms with Crippen LogP contribution in [0.1, 0.15) is 22.3 Å². The Balaban J connectivity index is 1.07. The summed E-state index contributed by atoms with van der Waals surface area (Å²) in [7, 11) is 0. The molecule has 0 saturated heterocycles. The Morgan fingerprint density at radius 3 is 1.70 bits per heavy atom. The van der Waals surface area contributed by atoms with Gasteiger partial charge in [-0.05, 0) is 98.6 Å². The maximum absolute atomic E-state index is 2.51. The first-order chi connectivity index (χ1) is 31.8. The molecular formula is C61H38N2S. The fourth-order valence-corrected chi connectivity index (χ4v) is 12.7. The van der Waals surface area contributed by atoms with Crippen LogP contribution < -0.4 is 4.90 Å². The molecule has 14 rings (SSSR count). The zero-order chi connectivity index (χ0) is 41.9. The van der Waals surface area contributed by atoms with Gasteiger partial charge < -0.3 is 9.47 Å². The molecule has 0 unspecified atom stereocenters. The van der Waals surface area contributed by atoms with E-state index in [1.54, 1.807) is 0 Å². The summed E-state index contributed by atoms with van der Waals surface area (Å²) in [6.45, 7) is 0. The zero-order valence-electron chi connectivity index (χ0n) is 34.7. The number of benzene rings is 10. The van der Waals surface area contributed by atoms with Gasteiger partial charge in [-0.3, -0.25) is 0 Å². The van der Waals surface area contributed by atoms with Crippen LogP contribution in [0.2, 0.25) is 0 Å². The van der Waals surface area contributed by atoms with Crippen molar-refractivity contribution in [2.75, 3.05) is 4.90 Å². The van der Waals surface area contributed by atoms with E-state index in [1.807, 2.05) is 11.3 Å². The lowest BCUT2D eigenvalue weighted by atomic mass is 9.70. The van der Waals surface area contributed by atoms with Crippen LogP contribution in [0.15, 0.2) is 231 Å². The third-order valence-electron chi connectivity index (χ3n) is 14.0. The van der Waals surface area contributed by atoms with E-state index in [1.165, 1.54) is 97.6 Å².